The molecule has 0 saturated carbocycles. The van der Waals surface area contributed by atoms with Gasteiger partial charge in [-0.25, -0.2) is 4.98 Å². The number of fused-ring (bicyclic) bond motifs is 1. The number of amides is 1. The highest BCUT2D eigenvalue weighted by molar-refractivity contribution is 5.97. The quantitative estimate of drug-likeness (QED) is 0.666. The number of piperazine rings is 1. The van der Waals surface area contributed by atoms with E-state index in [2.05, 4.69) is 22.6 Å². The molecule has 1 amide bonds. The summed E-state index contributed by atoms with van der Waals surface area (Å²) in [4.78, 5) is 22.0. The summed E-state index contributed by atoms with van der Waals surface area (Å²) in [5.41, 5.74) is 2.73. The van der Waals surface area contributed by atoms with Crippen molar-refractivity contribution in [2.75, 3.05) is 40.4 Å². The molecule has 29 heavy (non-hydrogen) atoms. The summed E-state index contributed by atoms with van der Waals surface area (Å²) in [5.74, 6) is 2.25. The molecule has 1 aliphatic heterocycles. The van der Waals surface area contributed by atoms with E-state index < -0.39 is 0 Å². The number of para-hydroxylation sites is 2. The molecule has 0 radical (unpaired) electrons. The molecule has 0 aliphatic carbocycles. The Morgan fingerprint density at radius 3 is 2.48 bits per heavy atom. The predicted molar refractivity (Wildman–Crippen MR) is 111 cm³/mol. The number of imidazole rings is 1. The lowest BCUT2D eigenvalue weighted by molar-refractivity contribution is 0.0621. The van der Waals surface area contributed by atoms with Gasteiger partial charge in [-0.2, -0.15) is 0 Å². The van der Waals surface area contributed by atoms with E-state index in [0.717, 1.165) is 36.5 Å². The Balaban J connectivity index is 1.41. The minimum Gasteiger partial charge on any atom is -0.497 e. The topological polar surface area (TPSA) is 59.8 Å². The van der Waals surface area contributed by atoms with Crippen molar-refractivity contribution in [3.63, 3.8) is 0 Å². The Hall–Kier alpha value is -3.06. The van der Waals surface area contributed by atoms with Crippen LogP contribution in [0.1, 0.15) is 16.2 Å². The summed E-state index contributed by atoms with van der Waals surface area (Å²) in [6.45, 7) is 3.76. The number of nitrogens with zero attached hydrogens (tertiary/aromatic N) is 4. The molecule has 2 heterocycles. The summed E-state index contributed by atoms with van der Waals surface area (Å²) >= 11 is 0. The molecule has 2 aromatic carbocycles. The number of ether oxygens (including phenoxy) is 2. The Morgan fingerprint density at radius 1 is 1.03 bits per heavy atom. The van der Waals surface area contributed by atoms with Crippen molar-refractivity contribution in [2.45, 2.75) is 6.54 Å². The SMILES string of the molecule is COc1ccc(C(=O)N2CCN(Cc3nc4ccccc4n3C)CC2)c(OC)c1. The average molecular weight is 394 g/mol. The number of carbonyl (C=O) groups is 1. The summed E-state index contributed by atoms with van der Waals surface area (Å²) < 4.78 is 12.8. The van der Waals surface area contributed by atoms with Gasteiger partial charge in [0.2, 0.25) is 0 Å². The second kappa shape index (κ2) is 8.13. The molecule has 0 bridgehead atoms. The molecule has 1 aliphatic rings. The highest BCUT2D eigenvalue weighted by atomic mass is 16.5. The standard InChI is InChI=1S/C22H26N4O3/c1-24-19-7-5-4-6-18(19)23-21(24)15-25-10-12-26(13-11-25)22(27)17-9-8-16(28-2)14-20(17)29-3/h4-9,14H,10-13,15H2,1-3H3. The maximum Gasteiger partial charge on any atom is 0.257 e. The van der Waals surface area contributed by atoms with Crippen LogP contribution in [0, 0.1) is 0 Å². The Labute approximate surface area is 170 Å². The number of hydrogen-bond donors (Lipinski definition) is 0. The largest absolute Gasteiger partial charge is 0.497 e. The second-order valence-electron chi connectivity index (χ2n) is 7.21. The van der Waals surface area contributed by atoms with E-state index in [1.807, 2.05) is 23.1 Å². The van der Waals surface area contributed by atoms with E-state index >= 15 is 0 Å². The maximum absolute atomic E-state index is 13.0. The van der Waals surface area contributed by atoms with Gasteiger partial charge in [0.15, 0.2) is 0 Å². The normalized spacial score (nSPS) is 14.9. The van der Waals surface area contributed by atoms with Crippen LogP contribution in [-0.2, 0) is 13.6 Å². The fraction of sp³-hybridized carbons (Fsp3) is 0.364. The fourth-order valence-electron chi connectivity index (χ4n) is 3.79. The third-order valence-electron chi connectivity index (χ3n) is 5.54. The van der Waals surface area contributed by atoms with Crippen molar-refractivity contribution in [3.05, 3.63) is 53.9 Å². The Morgan fingerprint density at radius 2 is 1.79 bits per heavy atom. The number of methoxy groups -OCH3 is 2. The average Bonchev–Trinajstić information content (AvgIpc) is 3.08. The highest BCUT2D eigenvalue weighted by Crippen LogP contribution is 2.26. The van der Waals surface area contributed by atoms with Gasteiger partial charge in [0, 0.05) is 39.3 Å². The lowest BCUT2D eigenvalue weighted by atomic mass is 10.1. The summed E-state index contributed by atoms with van der Waals surface area (Å²) in [6.07, 6.45) is 0. The second-order valence-corrected chi connectivity index (χ2v) is 7.21. The molecule has 1 fully saturated rings. The van der Waals surface area contributed by atoms with Crippen molar-refractivity contribution in [3.8, 4) is 11.5 Å². The molecule has 0 N–H and O–H groups in total. The summed E-state index contributed by atoms with van der Waals surface area (Å²) in [7, 11) is 5.22. The molecule has 1 saturated heterocycles. The zero-order valence-corrected chi connectivity index (χ0v) is 17.1. The summed E-state index contributed by atoms with van der Waals surface area (Å²) in [5, 5.41) is 0. The molecule has 7 heteroatoms. The van der Waals surface area contributed by atoms with Gasteiger partial charge in [-0.15, -0.1) is 0 Å². The van der Waals surface area contributed by atoms with Crippen LogP contribution in [0.4, 0.5) is 0 Å². The first kappa shape index (κ1) is 19.3. The smallest absolute Gasteiger partial charge is 0.257 e. The minimum atomic E-state index is -0.00752. The number of hydrogen-bond acceptors (Lipinski definition) is 5. The van der Waals surface area contributed by atoms with Crippen LogP contribution >= 0.6 is 0 Å². The zero-order valence-electron chi connectivity index (χ0n) is 17.1. The van der Waals surface area contributed by atoms with E-state index in [1.54, 1.807) is 32.4 Å². The first-order chi connectivity index (χ1) is 14.1. The fourth-order valence-corrected chi connectivity index (χ4v) is 3.79. The zero-order chi connectivity index (χ0) is 20.4. The van der Waals surface area contributed by atoms with Crippen LogP contribution in [0.25, 0.3) is 11.0 Å². The first-order valence-electron chi connectivity index (χ1n) is 9.74. The number of aromatic nitrogens is 2. The Bertz CT molecular complexity index is 1020. The summed E-state index contributed by atoms with van der Waals surface area (Å²) in [6, 6.07) is 13.5. The van der Waals surface area contributed by atoms with Crippen LogP contribution in [0.15, 0.2) is 42.5 Å². The lowest BCUT2D eigenvalue weighted by Crippen LogP contribution is -2.48. The molecule has 0 unspecified atom stereocenters. The molecule has 3 aromatic rings. The first-order valence-corrected chi connectivity index (χ1v) is 9.74. The third kappa shape index (κ3) is 3.78. The molecule has 0 atom stereocenters. The van der Waals surface area contributed by atoms with Gasteiger partial charge in [0.05, 0.1) is 37.4 Å². The van der Waals surface area contributed by atoms with Crippen LogP contribution in [0.5, 0.6) is 11.5 Å². The maximum atomic E-state index is 13.0. The number of aryl methyl sites for hydroxylation is 1. The highest BCUT2D eigenvalue weighted by Gasteiger charge is 2.25. The molecule has 0 spiro atoms. The van der Waals surface area contributed by atoms with Crippen LogP contribution in [0.3, 0.4) is 0 Å². The minimum absolute atomic E-state index is 0.00752. The molecule has 152 valence electrons. The Kier molecular flexibility index (Phi) is 5.40. The molecule has 4 rings (SSSR count). The van der Waals surface area contributed by atoms with Crippen molar-refractivity contribution in [1.82, 2.24) is 19.4 Å². The van der Waals surface area contributed by atoms with E-state index in [9.17, 15) is 4.79 Å². The van der Waals surface area contributed by atoms with Gasteiger partial charge in [-0.3, -0.25) is 9.69 Å². The predicted octanol–water partition coefficient (Wildman–Crippen LogP) is 2.55. The van der Waals surface area contributed by atoms with Crippen LogP contribution in [-0.4, -0.2) is 65.7 Å². The van der Waals surface area contributed by atoms with Crippen LogP contribution < -0.4 is 9.47 Å². The lowest BCUT2D eigenvalue weighted by Gasteiger charge is -2.34. The molecular weight excluding hydrogens is 368 g/mol. The van der Waals surface area contributed by atoms with Crippen molar-refractivity contribution in [2.24, 2.45) is 7.05 Å². The molecule has 7 nitrogen and oxygen atoms in total. The van der Waals surface area contributed by atoms with E-state index in [4.69, 9.17) is 14.5 Å². The van der Waals surface area contributed by atoms with Gasteiger partial charge < -0.3 is 18.9 Å². The third-order valence-corrected chi connectivity index (χ3v) is 5.54. The van der Waals surface area contributed by atoms with Crippen molar-refractivity contribution in [1.29, 1.82) is 0 Å². The van der Waals surface area contributed by atoms with Crippen LogP contribution in [0.2, 0.25) is 0 Å². The van der Waals surface area contributed by atoms with E-state index in [0.29, 0.717) is 30.2 Å². The molecular formula is C22H26N4O3. The molecule has 1 aromatic heterocycles. The van der Waals surface area contributed by atoms with Gasteiger partial charge in [-0.1, -0.05) is 12.1 Å². The monoisotopic (exact) mass is 394 g/mol. The number of rotatable bonds is 5. The number of carbonyl (C=O) groups excluding carboxylic acids is 1. The van der Waals surface area contributed by atoms with Crippen molar-refractivity contribution >= 4 is 16.9 Å². The van der Waals surface area contributed by atoms with Gasteiger partial charge >= 0.3 is 0 Å². The van der Waals surface area contributed by atoms with Gasteiger partial charge in [-0.05, 0) is 24.3 Å². The van der Waals surface area contributed by atoms with Gasteiger partial charge in [0.1, 0.15) is 17.3 Å². The van der Waals surface area contributed by atoms with Gasteiger partial charge in [0.25, 0.3) is 5.91 Å². The van der Waals surface area contributed by atoms with E-state index in [1.165, 1.54) is 0 Å². The van der Waals surface area contributed by atoms with E-state index in [-0.39, 0.29) is 5.91 Å². The van der Waals surface area contributed by atoms with Crippen molar-refractivity contribution < 1.29 is 14.3 Å². The number of benzene rings is 2.